The molecule has 1 rings (SSSR count). The lowest BCUT2D eigenvalue weighted by atomic mass is 10.3. The van der Waals surface area contributed by atoms with Crippen LogP contribution in [0.15, 0.2) is 22.7 Å². The van der Waals surface area contributed by atoms with Crippen LogP contribution in [0.4, 0.5) is 10.1 Å². The van der Waals surface area contributed by atoms with Crippen LogP contribution >= 0.6 is 15.9 Å². The van der Waals surface area contributed by atoms with Crippen LogP contribution in [0.1, 0.15) is 6.42 Å². The largest absolute Gasteiger partial charge is 0.469 e. The van der Waals surface area contributed by atoms with E-state index in [0.29, 0.717) is 0 Å². The number of hydrogen-bond donors (Lipinski definition) is 1. The molecule has 0 saturated carbocycles. The zero-order valence-corrected chi connectivity index (χ0v) is 13.3. The van der Waals surface area contributed by atoms with Gasteiger partial charge >= 0.3 is 16.2 Å². The van der Waals surface area contributed by atoms with E-state index in [0.717, 1.165) is 10.4 Å². The van der Waals surface area contributed by atoms with Crippen LogP contribution in [0, 0.1) is 5.82 Å². The monoisotopic (exact) mass is 368 g/mol. The maximum Gasteiger partial charge on any atom is 0.306 e. The summed E-state index contributed by atoms with van der Waals surface area (Å²) < 4.78 is 45.0. The highest BCUT2D eigenvalue weighted by Gasteiger charge is 2.19. The molecule has 0 unspecified atom stereocenters. The van der Waals surface area contributed by atoms with Gasteiger partial charge in [-0.25, -0.2) is 4.39 Å². The number of ether oxygens (including phenoxy) is 1. The molecule has 1 N–H and O–H groups in total. The van der Waals surface area contributed by atoms with Crippen LogP contribution < -0.4 is 4.72 Å². The van der Waals surface area contributed by atoms with Gasteiger partial charge in [-0.2, -0.15) is 12.7 Å². The Morgan fingerprint density at radius 1 is 1.50 bits per heavy atom. The maximum absolute atomic E-state index is 13.3. The number of carbonyl (C=O) groups is 1. The molecule has 0 atom stereocenters. The zero-order valence-electron chi connectivity index (χ0n) is 10.9. The Labute approximate surface area is 125 Å². The Hall–Kier alpha value is -1.19. The van der Waals surface area contributed by atoms with Gasteiger partial charge in [0.05, 0.1) is 23.7 Å². The van der Waals surface area contributed by atoms with Crippen molar-refractivity contribution in [3.63, 3.8) is 0 Å². The number of hydrogen-bond acceptors (Lipinski definition) is 4. The van der Waals surface area contributed by atoms with Crippen molar-refractivity contribution >= 4 is 37.8 Å². The van der Waals surface area contributed by atoms with Crippen molar-refractivity contribution in [1.82, 2.24) is 4.31 Å². The van der Waals surface area contributed by atoms with Gasteiger partial charge in [0, 0.05) is 13.6 Å². The van der Waals surface area contributed by atoms with E-state index in [4.69, 9.17) is 0 Å². The summed E-state index contributed by atoms with van der Waals surface area (Å²) in [4.78, 5) is 11.0. The van der Waals surface area contributed by atoms with E-state index in [1.54, 1.807) is 0 Å². The van der Waals surface area contributed by atoms with Crippen molar-refractivity contribution in [1.29, 1.82) is 0 Å². The SMILES string of the molecule is COC(=O)CCN(C)S(=O)(=O)Nc1ccc(Br)c(F)c1. The second-order valence-corrected chi connectivity index (χ2v) is 6.52. The predicted octanol–water partition coefficient (Wildman–Crippen LogP) is 1.74. The first-order chi connectivity index (χ1) is 9.26. The predicted molar refractivity (Wildman–Crippen MR) is 75.9 cm³/mol. The highest BCUT2D eigenvalue weighted by molar-refractivity contribution is 9.10. The fourth-order valence-corrected chi connectivity index (χ4v) is 2.42. The average molecular weight is 369 g/mol. The normalized spacial score (nSPS) is 11.4. The third kappa shape index (κ3) is 4.73. The van der Waals surface area contributed by atoms with Crippen LogP contribution in [-0.2, 0) is 19.7 Å². The van der Waals surface area contributed by atoms with Gasteiger partial charge in [-0.05, 0) is 34.1 Å². The molecule has 0 radical (unpaired) electrons. The minimum atomic E-state index is -3.85. The first-order valence-electron chi connectivity index (χ1n) is 5.52. The number of nitrogens with one attached hydrogen (secondary N) is 1. The topological polar surface area (TPSA) is 75.7 Å². The van der Waals surface area contributed by atoms with Gasteiger partial charge in [-0.15, -0.1) is 0 Å². The Morgan fingerprint density at radius 3 is 2.70 bits per heavy atom. The molecule has 1 aromatic carbocycles. The van der Waals surface area contributed by atoms with Gasteiger partial charge in [0.1, 0.15) is 5.82 Å². The molecule has 0 aromatic heterocycles. The van der Waals surface area contributed by atoms with Gasteiger partial charge < -0.3 is 4.74 Å². The number of anilines is 1. The van der Waals surface area contributed by atoms with E-state index in [-0.39, 0.29) is 23.1 Å². The summed E-state index contributed by atoms with van der Waals surface area (Å²) in [6.45, 7) is -0.0407. The maximum atomic E-state index is 13.3. The average Bonchev–Trinajstić information content (AvgIpc) is 2.39. The van der Waals surface area contributed by atoms with Crippen molar-refractivity contribution in [2.45, 2.75) is 6.42 Å². The molecule has 112 valence electrons. The molecule has 9 heteroatoms. The van der Waals surface area contributed by atoms with Gasteiger partial charge in [0.2, 0.25) is 0 Å². The third-order valence-corrected chi connectivity index (χ3v) is 4.58. The van der Waals surface area contributed by atoms with Crippen LogP contribution in [-0.4, -0.2) is 39.4 Å². The number of esters is 1. The number of halogens is 2. The van der Waals surface area contributed by atoms with Crippen LogP contribution in [0.25, 0.3) is 0 Å². The number of methoxy groups -OCH3 is 1. The van der Waals surface area contributed by atoms with E-state index in [2.05, 4.69) is 25.4 Å². The van der Waals surface area contributed by atoms with Crippen LogP contribution in [0.3, 0.4) is 0 Å². The summed E-state index contributed by atoms with van der Waals surface area (Å²) >= 11 is 2.97. The summed E-state index contributed by atoms with van der Waals surface area (Å²) in [5.41, 5.74) is 0.0932. The van der Waals surface area contributed by atoms with Gasteiger partial charge in [0.15, 0.2) is 0 Å². The highest BCUT2D eigenvalue weighted by Crippen LogP contribution is 2.20. The Bertz CT molecular complexity index is 594. The first-order valence-corrected chi connectivity index (χ1v) is 7.75. The molecular weight excluding hydrogens is 355 g/mol. The van der Waals surface area contributed by atoms with Gasteiger partial charge in [0.25, 0.3) is 0 Å². The Kier molecular flexibility index (Phi) is 5.90. The molecule has 0 fully saturated rings. The van der Waals surface area contributed by atoms with Crippen molar-refractivity contribution in [3.8, 4) is 0 Å². The number of nitrogens with zero attached hydrogens (tertiary/aromatic N) is 1. The smallest absolute Gasteiger partial charge is 0.306 e. The van der Waals surface area contributed by atoms with Crippen molar-refractivity contribution < 1.29 is 22.3 Å². The second-order valence-electron chi connectivity index (χ2n) is 3.88. The summed E-state index contributed by atoms with van der Waals surface area (Å²) in [5.74, 6) is -1.09. The first kappa shape index (κ1) is 16.9. The van der Waals surface area contributed by atoms with Crippen molar-refractivity contribution in [3.05, 3.63) is 28.5 Å². The minimum Gasteiger partial charge on any atom is -0.469 e. The lowest BCUT2D eigenvalue weighted by molar-refractivity contribution is -0.140. The molecule has 0 saturated heterocycles. The van der Waals surface area contributed by atoms with E-state index in [9.17, 15) is 17.6 Å². The number of rotatable bonds is 6. The molecule has 20 heavy (non-hydrogen) atoms. The van der Waals surface area contributed by atoms with E-state index in [1.807, 2.05) is 0 Å². The molecule has 1 aromatic rings. The fourth-order valence-electron chi connectivity index (χ4n) is 1.26. The molecule has 0 aliphatic rings. The van der Waals surface area contributed by atoms with Crippen LogP contribution in [0.2, 0.25) is 0 Å². The highest BCUT2D eigenvalue weighted by atomic mass is 79.9. The second kappa shape index (κ2) is 7.00. The molecule has 0 amide bonds. The summed E-state index contributed by atoms with van der Waals surface area (Å²) in [6, 6.07) is 3.86. The standard InChI is InChI=1S/C11H14BrFN2O4S/c1-15(6-5-11(16)19-2)20(17,18)14-8-3-4-9(12)10(13)7-8/h3-4,7,14H,5-6H2,1-2H3. The minimum absolute atomic E-state index is 0.0407. The lowest BCUT2D eigenvalue weighted by Gasteiger charge is -2.17. The Morgan fingerprint density at radius 2 is 2.15 bits per heavy atom. The summed E-state index contributed by atoms with van der Waals surface area (Å²) in [7, 11) is -1.33. The van der Waals surface area contributed by atoms with E-state index in [1.165, 1.54) is 26.3 Å². The quantitative estimate of drug-likeness (QED) is 0.776. The fraction of sp³-hybridized carbons (Fsp3) is 0.364. The molecule has 0 aliphatic carbocycles. The number of carbonyl (C=O) groups excluding carboxylic acids is 1. The molecule has 0 spiro atoms. The van der Waals surface area contributed by atoms with Crippen LogP contribution in [0.5, 0.6) is 0 Å². The van der Waals surface area contributed by atoms with Gasteiger partial charge in [-0.3, -0.25) is 9.52 Å². The Balaban J connectivity index is 2.73. The molecular formula is C11H14BrFN2O4S. The van der Waals surface area contributed by atoms with Crippen molar-refractivity contribution in [2.24, 2.45) is 0 Å². The molecule has 0 heterocycles. The third-order valence-electron chi connectivity index (χ3n) is 2.44. The molecule has 0 aliphatic heterocycles. The lowest BCUT2D eigenvalue weighted by Crippen LogP contribution is -2.34. The van der Waals surface area contributed by atoms with E-state index < -0.39 is 22.0 Å². The summed E-state index contributed by atoms with van der Waals surface area (Å²) in [6.07, 6.45) is -0.0669. The van der Waals surface area contributed by atoms with Gasteiger partial charge in [-0.1, -0.05) is 0 Å². The zero-order chi connectivity index (χ0) is 15.3. The molecule has 0 bridgehead atoms. The number of benzene rings is 1. The van der Waals surface area contributed by atoms with E-state index >= 15 is 0 Å². The molecule has 6 nitrogen and oxygen atoms in total. The summed E-state index contributed by atoms with van der Waals surface area (Å²) in [5, 5.41) is 0. The van der Waals surface area contributed by atoms with Crippen molar-refractivity contribution in [2.75, 3.05) is 25.4 Å².